The van der Waals surface area contributed by atoms with Gasteiger partial charge >= 0.3 is 0 Å². The average molecular weight is 183 g/mol. The normalized spacial score (nSPS) is 11.3. The monoisotopic (exact) mass is 183 g/mol. The molecule has 1 aromatic heterocycles. The average Bonchev–Trinajstić information content (AvgIpc) is 2.03. The fourth-order valence-electron chi connectivity index (χ4n) is 0.773. The second-order valence-corrected chi connectivity index (χ2v) is 4.22. The number of hydrogen-bond acceptors (Lipinski definition) is 4. The highest BCUT2D eigenvalue weighted by atomic mass is 32.1. The molecule has 0 amide bonds. The maximum absolute atomic E-state index is 4.41. The van der Waals surface area contributed by atoms with E-state index in [0.29, 0.717) is 5.95 Å². The van der Waals surface area contributed by atoms with Gasteiger partial charge in [0, 0.05) is 29.8 Å². The lowest BCUT2D eigenvalue weighted by molar-refractivity contribution is 0.777. The van der Waals surface area contributed by atoms with Crippen molar-refractivity contribution in [2.75, 3.05) is 12.4 Å². The van der Waals surface area contributed by atoms with Crippen molar-refractivity contribution in [2.24, 2.45) is 0 Å². The topological polar surface area (TPSA) is 37.8 Å². The molecular formula is C8H13N3S. The van der Waals surface area contributed by atoms with Gasteiger partial charge in [0.05, 0.1) is 0 Å². The van der Waals surface area contributed by atoms with Gasteiger partial charge < -0.3 is 5.32 Å². The minimum absolute atomic E-state index is 0.174. The van der Waals surface area contributed by atoms with Crippen molar-refractivity contribution in [3.05, 3.63) is 18.0 Å². The van der Waals surface area contributed by atoms with Gasteiger partial charge in [-0.15, -0.1) is 0 Å². The molecular weight excluding hydrogens is 170 g/mol. The van der Waals surface area contributed by atoms with Crippen LogP contribution in [0.2, 0.25) is 0 Å². The van der Waals surface area contributed by atoms with Crippen LogP contribution in [0.25, 0.3) is 0 Å². The van der Waals surface area contributed by atoms with E-state index in [1.807, 2.05) is 13.8 Å². The first-order chi connectivity index (χ1) is 5.54. The number of thiol groups is 1. The molecule has 0 radical (unpaired) electrons. The van der Waals surface area contributed by atoms with Gasteiger partial charge in [-0.1, -0.05) is 0 Å². The lowest BCUT2D eigenvalue weighted by Gasteiger charge is -2.16. The van der Waals surface area contributed by atoms with E-state index in [9.17, 15) is 0 Å². The molecule has 1 heterocycles. The predicted octanol–water partition coefficient (Wildman–Crippen LogP) is 1.68. The largest absolute Gasteiger partial charge is 0.357 e. The van der Waals surface area contributed by atoms with Crippen LogP contribution < -0.4 is 5.32 Å². The Kier molecular flexibility index (Phi) is 2.57. The van der Waals surface area contributed by atoms with Crippen LogP contribution in [-0.4, -0.2) is 17.0 Å². The summed E-state index contributed by atoms with van der Waals surface area (Å²) in [6, 6.07) is 0. The summed E-state index contributed by atoms with van der Waals surface area (Å²) in [6.45, 7) is 4.02. The number of nitrogens with one attached hydrogen (secondary N) is 1. The minimum atomic E-state index is -0.174. The fourth-order valence-corrected chi connectivity index (χ4v) is 0.889. The van der Waals surface area contributed by atoms with Gasteiger partial charge in [0.2, 0.25) is 5.95 Å². The Labute approximate surface area is 78.0 Å². The van der Waals surface area contributed by atoms with E-state index in [2.05, 4.69) is 27.9 Å². The second kappa shape index (κ2) is 3.31. The lowest BCUT2D eigenvalue weighted by Crippen LogP contribution is -2.09. The highest BCUT2D eigenvalue weighted by Gasteiger charge is 2.15. The highest BCUT2D eigenvalue weighted by Crippen LogP contribution is 2.25. The lowest BCUT2D eigenvalue weighted by atomic mass is 10.1. The van der Waals surface area contributed by atoms with Crippen LogP contribution >= 0.6 is 12.6 Å². The molecule has 12 heavy (non-hydrogen) atoms. The zero-order valence-electron chi connectivity index (χ0n) is 7.50. The van der Waals surface area contributed by atoms with E-state index in [4.69, 9.17) is 0 Å². The van der Waals surface area contributed by atoms with Crippen LogP contribution in [-0.2, 0) is 4.75 Å². The Bertz CT molecular complexity index is 250. The molecule has 0 bridgehead atoms. The molecule has 1 rings (SSSR count). The molecule has 0 aromatic carbocycles. The molecule has 66 valence electrons. The quantitative estimate of drug-likeness (QED) is 0.685. The number of rotatable bonds is 2. The third kappa shape index (κ3) is 2.11. The number of aromatic nitrogens is 2. The first-order valence-corrected chi connectivity index (χ1v) is 4.21. The van der Waals surface area contributed by atoms with E-state index < -0.39 is 0 Å². The summed E-state index contributed by atoms with van der Waals surface area (Å²) in [5.41, 5.74) is 1.02. The molecule has 0 aliphatic rings. The summed E-state index contributed by atoms with van der Waals surface area (Å²) >= 11 is 4.41. The summed E-state index contributed by atoms with van der Waals surface area (Å²) in [6.07, 6.45) is 3.57. The molecule has 4 heteroatoms. The standard InChI is InChI=1S/C8H13N3S/c1-8(2,12)6-4-10-7(9-3)11-5-6/h4-5,12H,1-3H3,(H,9,10,11). The predicted molar refractivity (Wildman–Crippen MR) is 53.6 cm³/mol. The SMILES string of the molecule is CNc1ncc(C(C)(C)S)cn1. The molecule has 3 nitrogen and oxygen atoms in total. The number of anilines is 1. The Morgan fingerprint density at radius 2 is 1.83 bits per heavy atom. The molecule has 0 aliphatic heterocycles. The van der Waals surface area contributed by atoms with Crippen LogP contribution in [0.1, 0.15) is 19.4 Å². The zero-order valence-corrected chi connectivity index (χ0v) is 8.39. The molecule has 0 spiro atoms. The van der Waals surface area contributed by atoms with Crippen LogP contribution in [0.3, 0.4) is 0 Å². The minimum Gasteiger partial charge on any atom is -0.357 e. The molecule has 0 aliphatic carbocycles. The molecule has 0 saturated carbocycles. The molecule has 0 fully saturated rings. The van der Waals surface area contributed by atoms with Crippen molar-refractivity contribution in [3.8, 4) is 0 Å². The van der Waals surface area contributed by atoms with Crippen molar-refractivity contribution >= 4 is 18.6 Å². The van der Waals surface area contributed by atoms with E-state index in [-0.39, 0.29) is 4.75 Å². The Morgan fingerprint density at radius 3 is 2.17 bits per heavy atom. The van der Waals surface area contributed by atoms with Crippen molar-refractivity contribution < 1.29 is 0 Å². The molecule has 1 N–H and O–H groups in total. The Balaban J connectivity index is 2.93. The van der Waals surface area contributed by atoms with Gasteiger partial charge in [0.25, 0.3) is 0 Å². The highest BCUT2D eigenvalue weighted by molar-refractivity contribution is 7.81. The van der Waals surface area contributed by atoms with Gasteiger partial charge in [-0.25, -0.2) is 9.97 Å². The van der Waals surface area contributed by atoms with Crippen LogP contribution in [0.4, 0.5) is 5.95 Å². The van der Waals surface area contributed by atoms with Crippen LogP contribution in [0, 0.1) is 0 Å². The summed E-state index contributed by atoms with van der Waals surface area (Å²) in [5.74, 6) is 0.635. The maximum Gasteiger partial charge on any atom is 0.222 e. The Morgan fingerprint density at radius 1 is 1.33 bits per heavy atom. The van der Waals surface area contributed by atoms with Crippen molar-refractivity contribution in [1.29, 1.82) is 0 Å². The van der Waals surface area contributed by atoms with Gasteiger partial charge in [-0.2, -0.15) is 12.6 Å². The van der Waals surface area contributed by atoms with Crippen molar-refractivity contribution in [1.82, 2.24) is 9.97 Å². The molecule has 1 aromatic rings. The van der Waals surface area contributed by atoms with E-state index in [1.165, 1.54) is 0 Å². The molecule has 0 saturated heterocycles. The summed E-state index contributed by atoms with van der Waals surface area (Å²) in [4.78, 5) is 8.19. The summed E-state index contributed by atoms with van der Waals surface area (Å²) < 4.78 is -0.174. The van der Waals surface area contributed by atoms with E-state index in [1.54, 1.807) is 19.4 Å². The second-order valence-electron chi connectivity index (χ2n) is 3.10. The van der Waals surface area contributed by atoms with Gasteiger partial charge in [0.1, 0.15) is 0 Å². The summed E-state index contributed by atoms with van der Waals surface area (Å²) in [7, 11) is 1.79. The first-order valence-electron chi connectivity index (χ1n) is 3.76. The van der Waals surface area contributed by atoms with Gasteiger partial charge in [-0.05, 0) is 13.8 Å². The van der Waals surface area contributed by atoms with E-state index in [0.717, 1.165) is 5.56 Å². The maximum atomic E-state index is 4.41. The number of nitrogens with zero attached hydrogens (tertiary/aromatic N) is 2. The third-order valence-corrected chi connectivity index (χ3v) is 1.84. The van der Waals surface area contributed by atoms with Crippen LogP contribution in [0.15, 0.2) is 12.4 Å². The molecule has 0 unspecified atom stereocenters. The Hall–Kier alpha value is -0.770. The number of hydrogen-bond donors (Lipinski definition) is 2. The van der Waals surface area contributed by atoms with Gasteiger partial charge in [-0.3, -0.25) is 0 Å². The van der Waals surface area contributed by atoms with E-state index >= 15 is 0 Å². The van der Waals surface area contributed by atoms with Gasteiger partial charge in [0.15, 0.2) is 0 Å². The van der Waals surface area contributed by atoms with Crippen molar-refractivity contribution in [3.63, 3.8) is 0 Å². The summed E-state index contributed by atoms with van der Waals surface area (Å²) in [5, 5.41) is 2.86. The van der Waals surface area contributed by atoms with Crippen LogP contribution in [0.5, 0.6) is 0 Å². The fraction of sp³-hybridized carbons (Fsp3) is 0.500. The van der Waals surface area contributed by atoms with Crippen molar-refractivity contribution in [2.45, 2.75) is 18.6 Å². The molecule has 0 atom stereocenters. The first kappa shape index (κ1) is 9.32. The zero-order chi connectivity index (χ0) is 9.19. The third-order valence-electron chi connectivity index (χ3n) is 1.58. The smallest absolute Gasteiger partial charge is 0.222 e.